The van der Waals surface area contributed by atoms with Crippen LogP contribution in [0.5, 0.6) is 0 Å². The molecule has 66 heavy (non-hydrogen) atoms. The Morgan fingerprint density at radius 2 is 1.26 bits per heavy atom. The monoisotopic (exact) mass is 851 g/mol. The van der Waals surface area contributed by atoms with Gasteiger partial charge in [-0.25, -0.2) is 0 Å². The summed E-state index contributed by atoms with van der Waals surface area (Å²) in [5, 5.41) is 4.21. The highest BCUT2D eigenvalue weighted by molar-refractivity contribution is 5.95. The number of aryl methyl sites for hydroxylation is 3. The fraction of sp³-hybridized carbons (Fsp3) is 0.169. The smallest absolute Gasteiger partial charge is 0.0714 e. The third kappa shape index (κ3) is 6.83. The van der Waals surface area contributed by atoms with Crippen LogP contribution in [0, 0.1) is 6.92 Å². The molecule has 322 valence electrons. The van der Waals surface area contributed by atoms with Crippen molar-refractivity contribution in [3.05, 3.63) is 274 Å². The second-order valence-electron chi connectivity index (χ2n) is 19.3. The van der Waals surface area contributed by atoms with Crippen molar-refractivity contribution in [2.45, 2.75) is 69.2 Å². The van der Waals surface area contributed by atoms with E-state index in [-0.39, 0.29) is 17.4 Å². The molecular weight excluding hydrogens is 795 g/mol. The van der Waals surface area contributed by atoms with E-state index in [9.17, 15) is 0 Å². The van der Waals surface area contributed by atoms with Gasteiger partial charge in [0, 0.05) is 22.6 Å². The highest BCUT2D eigenvalue weighted by atomic mass is 14.9. The Morgan fingerprint density at radius 1 is 0.606 bits per heavy atom. The van der Waals surface area contributed by atoms with E-state index in [0.29, 0.717) is 0 Å². The summed E-state index contributed by atoms with van der Waals surface area (Å²) in [4.78, 5) is 0. The van der Waals surface area contributed by atoms with Gasteiger partial charge in [0.1, 0.15) is 0 Å². The average molecular weight is 852 g/mol. The Bertz CT molecular complexity index is 3180. The zero-order valence-corrected chi connectivity index (χ0v) is 38.4. The maximum absolute atomic E-state index is 4.84. The molecule has 1 N–H and O–H groups in total. The molecular formula is C65H57N. The summed E-state index contributed by atoms with van der Waals surface area (Å²) in [5.74, 6) is 0.0734. The average Bonchev–Trinajstić information content (AvgIpc) is 3.78. The van der Waals surface area contributed by atoms with E-state index in [4.69, 9.17) is 6.58 Å². The van der Waals surface area contributed by atoms with E-state index in [2.05, 4.69) is 227 Å². The Morgan fingerprint density at radius 3 is 2.03 bits per heavy atom. The molecule has 0 radical (unpaired) electrons. The Hall–Kier alpha value is -7.22. The van der Waals surface area contributed by atoms with Crippen molar-refractivity contribution in [1.29, 1.82) is 0 Å². The maximum Gasteiger partial charge on any atom is 0.0714 e. The van der Waals surface area contributed by atoms with Crippen LogP contribution in [0.1, 0.15) is 99.4 Å². The molecule has 4 aliphatic carbocycles. The van der Waals surface area contributed by atoms with Crippen LogP contribution in [0.4, 0.5) is 5.69 Å². The summed E-state index contributed by atoms with van der Waals surface area (Å²) < 4.78 is 0. The zero-order valence-electron chi connectivity index (χ0n) is 38.4. The lowest BCUT2D eigenvalue weighted by Crippen LogP contribution is -2.30. The number of nitrogens with one attached hydrogen (secondary N) is 1. The van der Waals surface area contributed by atoms with Crippen molar-refractivity contribution >= 4 is 23.4 Å². The van der Waals surface area contributed by atoms with Gasteiger partial charge in [-0.3, -0.25) is 0 Å². The number of allylic oxidation sites excluding steroid dienone is 6. The summed E-state index contributed by atoms with van der Waals surface area (Å²) in [7, 11) is 0. The molecule has 0 saturated heterocycles. The number of benzene rings is 7. The lowest BCUT2D eigenvalue weighted by Gasteiger charge is -2.36. The molecule has 0 aliphatic heterocycles. The van der Waals surface area contributed by atoms with E-state index < -0.39 is 5.41 Å². The lowest BCUT2D eigenvalue weighted by molar-refractivity contribution is 0.656. The van der Waals surface area contributed by atoms with Crippen molar-refractivity contribution in [3.63, 3.8) is 0 Å². The molecule has 3 atom stereocenters. The van der Waals surface area contributed by atoms with Gasteiger partial charge in [-0.2, -0.15) is 0 Å². The van der Waals surface area contributed by atoms with E-state index in [0.717, 1.165) is 24.1 Å². The predicted molar refractivity (Wildman–Crippen MR) is 281 cm³/mol. The minimum Gasteiger partial charge on any atom is -0.377 e. The van der Waals surface area contributed by atoms with Gasteiger partial charge in [0.05, 0.1) is 11.5 Å². The summed E-state index contributed by atoms with van der Waals surface area (Å²) >= 11 is 0. The van der Waals surface area contributed by atoms with Gasteiger partial charge >= 0.3 is 0 Å². The fourth-order valence-electron chi connectivity index (χ4n) is 11.7. The van der Waals surface area contributed by atoms with E-state index in [1.54, 1.807) is 0 Å². The lowest BCUT2D eigenvalue weighted by atomic mass is 9.65. The first-order chi connectivity index (χ1) is 32.2. The van der Waals surface area contributed by atoms with Crippen LogP contribution in [-0.2, 0) is 23.7 Å². The van der Waals surface area contributed by atoms with Crippen LogP contribution < -0.4 is 5.32 Å². The molecule has 7 aromatic carbocycles. The molecule has 0 fully saturated rings. The van der Waals surface area contributed by atoms with E-state index in [1.165, 1.54) is 107 Å². The molecule has 3 unspecified atom stereocenters. The molecule has 11 rings (SSSR count). The van der Waals surface area contributed by atoms with Gasteiger partial charge in [0.2, 0.25) is 0 Å². The third-order valence-corrected chi connectivity index (χ3v) is 15.2. The minimum atomic E-state index is -0.536. The molecule has 4 aliphatic rings. The van der Waals surface area contributed by atoms with Crippen LogP contribution in [0.3, 0.4) is 0 Å². The van der Waals surface area contributed by atoms with Gasteiger partial charge in [-0.05, 0) is 133 Å². The maximum atomic E-state index is 4.84. The summed E-state index contributed by atoms with van der Waals surface area (Å²) in [5.41, 5.74) is 23.8. The van der Waals surface area contributed by atoms with Crippen LogP contribution in [-0.4, -0.2) is 6.04 Å². The molecule has 0 bridgehead atoms. The molecule has 7 aromatic rings. The first-order valence-electron chi connectivity index (χ1n) is 23.8. The van der Waals surface area contributed by atoms with Crippen molar-refractivity contribution in [2.75, 3.05) is 5.32 Å². The van der Waals surface area contributed by atoms with Gasteiger partial charge in [-0.1, -0.05) is 221 Å². The van der Waals surface area contributed by atoms with Crippen molar-refractivity contribution in [3.8, 4) is 22.3 Å². The van der Waals surface area contributed by atoms with E-state index >= 15 is 0 Å². The predicted octanol–water partition coefficient (Wildman–Crippen LogP) is 16.2. The standard InChI is InChI=1S/C65H57N/c1-6-45-29-31-46(32-30-45)19-8-9-20-47-33-35-48(36-34-47)49-38-40-61(55(41-49)50-37-39-53-52-22-11-13-24-56(52)64(4,5)60(53)42-50)66-62-28-16-27-59-63(62)54-23-12-14-25-58(54)65(59)44(3)18-7-10-21-51-43(2)17-15-26-57(51)65/h6-7,10-18,21-42,55,61,66H,1,3,8-9,19-20H2,2,4-5H3/b18-7-,21-10-. The zero-order chi connectivity index (χ0) is 45.0. The van der Waals surface area contributed by atoms with Gasteiger partial charge in [0.25, 0.3) is 0 Å². The SMILES string of the molecule is C=Cc1ccc(CCCCc2ccc(C3=CC(c4ccc5c(c4)C(C)(C)c4ccccc4-5)C(Nc4cccc5c4-c4ccccc4C54C(=C)/C=C\C=C/c5c(C)cccc54)C=C3)cc2)cc1. The number of anilines is 1. The molecule has 1 spiro atoms. The van der Waals surface area contributed by atoms with Gasteiger partial charge in [0.15, 0.2) is 0 Å². The first-order valence-corrected chi connectivity index (χ1v) is 23.8. The first kappa shape index (κ1) is 41.5. The molecule has 0 amide bonds. The van der Waals surface area contributed by atoms with Crippen molar-refractivity contribution < 1.29 is 0 Å². The van der Waals surface area contributed by atoms with Crippen LogP contribution in [0.2, 0.25) is 0 Å². The Labute approximate surface area is 392 Å². The number of fused-ring (bicyclic) bond motifs is 10. The normalized spacial score (nSPS) is 20.2. The largest absolute Gasteiger partial charge is 0.377 e. The molecule has 1 heteroatoms. The van der Waals surface area contributed by atoms with Gasteiger partial charge in [-0.15, -0.1) is 0 Å². The van der Waals surface area contributed by atoms with Crippen LogP contribution >= 0.6 is 0 Å². The summed E-state index contributed by atoms with van der Waals surface area (Å²) in [6.45, 7) is 15.7. The van der Waals surface area contributed by atoms with Crippen molar-refractivity contribution in [1.82, 2.24) is 0 Å². The van der Waals surface area contributed by atoms with Crippen LogP contribution in [0.15, 0.2) is 207 Å². The molecule has 1 nitrogen and oxygen atoms in total. The number of hydrogen-bond donors (Lipinski definition) is 1. The minimum absolute atomic E-state index is 0.000884. The third-order valence-electron chi connectivity index (χ3n) is 15.2. The second kappa shape index (κ2) is 16.6. The van der Waals surface area contributed by atoms with Gasteiger partial charge < -0.3 is 5.32 Å². The summed E-state index contributed by atoms with van der Waals surface area (Å²) in [6, 6.07) is 57.0. The highest BCUT2D eigenvalue weighted by Crippen LogP contribution is 2.59. The quantitative estimate of drug-likeness (QED) is 0.135. The molecule has 0 aromatic heterocycles. The Kier molecular flexibility index (Phi) is 10.5. The number of rotatable bonds is 10. The molecule has 0 saturated carbocycles. The Balaban J connectivity index is 0.955. The topological polar surface area (TPSA) is 12.0 Å². The highest BCUT2D eigenvalue weighted by Gasteiger charge is 2.48. The summed E-state index contributed by atoms with van der Waals surface area (Å²) in [6.07, 6.45) is 22.5. The second-order valence-corrected chi connectivity index (χ2v) is 19.3. The molecule has 0 heterocycles. The van der Waals surface area contributed by atoms with Crippen LogP contribution in [0.25, 0.3) is 40.0 Å². The van der Waals surface area contributed by atoms with E-state index in [1.807, 2.05) is 6.08 Å². The van der Waals surface area contributed by atoms with Crippen molar-refractivity contribution in [2.24, 2.45) is 0 Å². The number of unbranched alkanes of at least 4 members (excludes halogenated alkanes) is 1. The number of hydrogen-bond acceptors (Lipinski definition) is 1. The fourth-order valence-corrected chi connectivity index (χ4v) is 11.7.